The zero-order chi connectivity index (χ0) is 20.1. The lowest BCUT2D eigenvalue weighted by atomic mass is 9.96. The van der Waals surface area contributed by atoms with Gasteiger partial charge in [0.2, 0.25) is 11.8 Å². The quantitative estimate of drug-likeness (QED) is 0.854. The van der Waals surface area contributed by atoms with Crippen LogP contribution < -0.4 is 10.1 Å². The van der Waals surface area contributed by atoms with E-state index in [1.54, 1.807) is 23.1 Å². The number of methoxy groups -OCH3 is 1. The van der Waals surface area contributed by atoms with Gasteiger partial charge < -0.3 is 15.0 Å². The van der Waals surface area contributed by atoms with Gasteiger partial charge in [-0.3, -0.25) is 9.59 Å². The number of benzene rings is 2. The van der Waals surface area contributed by atoms with Crippen molar-refractivity contribution in [1.29, 1.82) is 0 Å². The molecule has 0 spiro atoms. The van der Waals surface area contributed by atoms with Gasteiger partial charge in [-0.25, -0.2) is 8.78 Å². The number of amides is 2. The zero-order valence-electron chi connectivity index (χ0n) is 15.6. The molecule has 28 heavy (non-hydrogen) atoms. The average Bonchev–Trinajstić information content (AvgIpc) is 2.70. The Hall–Kier alpha value is -2.96. The Morgan fingerprint density at radius 3 is 2.61 bits per heavy atom. The number of halogens is 2. The number of nitrogens with one attached hydrogen (secondary N) is 1. The highest BCUT2D eigenvalue weighted by Crippen LogP contribution is 2.23. The van der Waals surface area contributed by atoms with Crippen LogP contribution in [0.15, 0.2) is 42.5 Å². The third kappa shape index (κ3) is 4.85. The van der Waals surface area contributed by atoms with Gasteiger partial charge in [-0.1, -0.05) is 12.1 Å². The first kappa shape index (κ1) is 19.8. The first-order valence-electron chi connectivity index (χ1n) is 9.13. The first-order chi connectivity index (χ1) is 13.5. The minimum atomic E-state index is -0.556. The van der Waals surface area contributed by atoms with Crippen molar-refractivity contribution in [2.45, 2.75) is 19.3 Å². The Balaban J connectivity index is 1.59. The molecule has 1 heterocycles. The fourth-order valence-electron chi connectivity index (χ4n) is 3.29. The van der Waals surface area contributed by atoms with E-state index in [-0.39, 0.29) is 35.7 Å². The maximum Gasteiger partial charge on any atom is 0.229 e. The lowest BCUT2D eigenvalue weighted by molar-refractivity contribution is -0.133. The number of piperidine rings is 1. The number of likely N-dealkylation sites (tertiary alicyclic amines) is 1. The number of hydrogen-bond acceptors (Lipinski definition) is 3. The summed E-state index contributed by atoms with van der Waals surface area (Å²) in [5.41, 5.74) is 1.07. The SMILES string of the molecule is COc1ccc(NC(=O)C2CCCN(C(=O)Cc3ccc(F)cc3)C2)cc1F. The molecule has 2 aromatic rings. The molecular weight excluding hydrogens is 366 g/mol. The number of hydrogen-bond donors (Lipinski definition) is 1. The van der Waals surface area contributed by atoms with Crippen LogP contribution in [0.4, 0.5) is 14.5 Å². The molecule has 3 rings (SSSR count). The molecule has 2 aromatic carbocycles. The number of ether oxygens (including phenoxy) is 1. The Labute approximate surface area is 162 Å². The Morgan fingerprint density at radius 1 is 1.18 bits per heavy atom. The molecule has 0 aliphatic carbocycles. The Kier molecular flexibility index (Phi) is 6.23. The molecule has 1 unspecified atom stereocenters. The first-order valence-corrected chi connectivity index (χ1v) is 9.13. The standard InChI is InChI=1S/C21H22F2N2O3/c1-28-19-9-8-17(12-18(19)23)24-21(27)15-3-2-10-25(13-15)20(26)11-14-4-6-16(22)7-5-14/h4-9,12,15H,2-3,10-11,13H2,1H3,(H,24,27). The van der Waals surface area contributed by atoms with Crippen LogP contribution in [0.25, 0.3) is 0 Å². The van der Waals surface area contributed by atoms with Gasteiger partial charge in [-0.05, 0) is 42.7 Å². The lowest BCUT2D eigenvalue weighted by Crippen LogP contribution is -2.44. The fraction of sp³-hybridized carbons (Fsp3) is 0.333. The van der Waals surface area contributed by atoms with Gasteiger partial charge in [-0.2, -0.15) is 0 Å². The highest BCUT2D eigenvalue weighted by Gasteiger charge is 2.28. The third-order valence-electron chi connectivity index (χ3n) is 4.83. The van der Waals surface area contributed by atoms with E-state index in [0.29, 0.717) is 31.6 Å². The number of rotatable bonds is 5. The minimum absolute atomic E-state index is 0.0976. The topological polar surface area (TPSA) is 58.6 Å². The molecule has 148 valence electrons. The second kappa shape index (κ2) is 8.82. The third-order valence-corrected chi connectivity index (χ3v) is 4.83. The lowest BCUT2D eigenvalue weighted by Gasteiger charge is -2.32. The number of nitrogens with zero attached hydrogens (tertiary/aromatic N) is 1. The van der Waals surface area contributed by atoms with Crippen LogP contribution in [0.1, 0.15) is 18.4 Å². The van der Waals surface area contributed by atoms with E-state index in [1.807, 2.05) is 0 Å². The molecule has 0 saturated carbocycles. The minimum Gasteiger partial charge on any atom is -0.494 e. The van der Waals surface area contributed by atoms with E-state index >= 15 is 0 Å². The molecule has 5 nitrogen and oxygen atoms in total. The maximum atomic E-state index is 13.8. The number of carbonyl (C=O) groups excluding carboxylic acids is 2. The summed E-state index contributed by atoms with van der Waals surface area (Å²) in [6.07, 6.45) is 1.54. The number of anilines is 1. The monoisotopic (exact) mass is 388 g/mol. The van der Waals surface area contributed by atoms with Crippen molar-refractivity contribution in [3.63, 3.8) is 0 Å². The van der Waals surface area contributed by atoms with E-state index in [0.717, 1.165) is 5.56 Å². The molecule has 1 aliphatic heterocycles. The second-order valence-corrected chi connectivity index (χ2v) is 6.82. The molecule has 1 aliphatic rings. The summed E-state index contributed by atoms with van der Waals surface area (Å²) in [7, 11) is 1.37. The highest BCUT2D eigenvalue weighted by atomic mass is 19.1. The molecule has 1 saturated heterocycles. The zero-order valence-corrected chi connectivity index (χ0v) is 15.6. The molecule has 1 fully saturated rings. The van der Waals surface area contributed by atoms with Gasteiger partial charge in [0.25, 0.3) is 0 Å². The van der Waals surface area contributed by atoms with E-state index in [4.69, 9.17) is 4.74 Å². The summed E-state index contributed by atoms with van der Waals surface area (Å²) < 4.78 is 31.6. The summed E-state index contributed by atoms with van der Waals surface area (Å²) in [4.78, 5) is 26.7. The van der Waals surface area contributed by atoms with Crippen molar-refractivity contribution >= 4 is 17.5 Å². The average molecular weight is 388 g/mol. The van der Waals surface area contributed by atoms with E-state index in [1.165, 1.54) is 31.4 Å². The van der Waals surface area contributed by atoms with Gasteiger partial charge in [0, 0.05) is 24.8 Å². The molecule has 0 bridgehead atoms. The Morgan fingerprint density at radius 2 is 1.93 bits per heavy atom. The van der Waals surface area contributed by atoms with Gasteiger partial charge >= 0.3 is 0 Å². The van der Waals surface area contributed by atoms with E-state index in [2.05, 4.69) is 5.32 Å². The van der Waals surface area contributed by atoms with Gasteiger partial charge in [-0.15, -0.1) is 0 Å². The van der Waals surface area contributed by atoms with Crippen LogP contribution in [-0.4, -0.2) is 36.9 Å². The van der Waals surface area contributed by atoms with Crippen molar-refractivity contribution < 1.29 is 23.1 Å². The maximum absolute atomic E-state index is 13.8. The van der Waals surface area contributed by atoms with Crippen LogP contribution in [0.2, 0.25) is 0 Å². The van der Waals surface area contributed by atoms with Crippen LogP contribution in [0, 0.1) is 17.6 Å². The summed E-state index contributed by atoms with van der Waals surface area (Å²) in [6, 6.07) is 10.0. The Bertz CT molecular complexity index is 855. The van der Waals surface area contributed by atoms with E-state index in [9.17, 15) is 18.4 Å². The largest absolute Gasteiger partial charge is 0.494 e. The van der Waals surface area contributed by atoms with Crippen LogP contribution in [-0.2, 0) is 16.0 Å². The van der Waals surface area contributed by atoms with Crippen LogP contribution in [0.5, 0.6) is 5.75 Å². The molecule has 7 heteroatoms. The van der Waals surface area contributed by atoms with Gasteiger partial charge in [0.05, 0.1) is 19.4 Å². The second-order valence-electron chi connectivity index (χ2n) is 6.82. The van der Waals surface area contributed by atoms with Crippen LogP contribution >= 0.6 is 0 Å². The number of carbonyl (C=O) groups is 2. The summed E-state index contributed by atoms with van der Waals surface area (Å²) >= 11 is 0. The van der Waals surface area contributed by atoms with Crippen molar-refractivity contribution in [3.8, 4) is 5.75 Å². The van der Waals surface area contributed by atoms with Gasteiger partial charge in [0.15, 0.2) is 11.6 Å². The molecule has 1 atom stereocenters. The molecule has 0 aromatic heterocycles. The van der Waals surface area contributed by atoms with Crippen molar-refractivity contribution in [2.24, 2.45) is 5.92 Å². The predicted molar refractivity (Wildman–Crippen MR) is 101 cm³/mol. The fourth-order valence-corrected chi connectivity index (χ4v) is 3.29. The predicted octanol–water partition coefficient (Wildman–Crippen LogP) is 3.39. The molecule has 2 amide bonds. The highest BCUT2D eigenvalue weighted by molar-refractivity contribution is 5.93. The van der Waals surface area contributed by atoms with Crippen molar-refractivity contribution in [1.82, 2.24) is 4.90 Å². The van der Waals surface area contributed by atoms with E-state index < -0.39 is 5.82 Å². The molecule has 1 N–H and O–H groups in total. The smallest absolute Gasteiger partial charge is 0.229 e. The van der Waals surface area contributed by atoms with Crippen molar-refractivity contribution in [2.75, 3.05) is 25.5 Å². The summed E-state index contributed by atoms with van der Waals surface area (Å²) in [5.74, 6) is -1.51. The van der Waals surface area contributed by atoms with Crippen molar-refractivity contribution in [3.05, 3.63) is 59.7 Å². The summed E-state index contributed by atoms with van der Waals surface area (Å²) in [6.45, 7) is 0.894. The van der Waals surface area contributed by atoms with Gasteiger partial charge in [0.1, 0.15) is 5.82 Å². The summed E-state index contributed by atoms with van der Waals surface area (Å²) in [5, 5.41) is 2.71. The molecule has 0 radical (unpaired) electrons. The normalized spacial score (nSPS) is 16.5. The van der Waals surface area contributed by atoms with Crippen LogP contribution in [0.3, 0.4) is 0 Å². The molecular formula is C21H22F2N2O3.